The first-order valence-electron chi connectivity index (χ1n) is 1.72. The molecule has 1 N–H and O–H groups in total. The molecule has 0 radical (unpaired) electrons. The van der Waals surface area contributed by atoms with Crippen molar-refractivity contribution in [2.45, 2.75) is 19.6 Å². The van der Waals surface area contributed by atoms with Crippen LogP contribution in [0.15, 0.2) is 0 Å². The van der Waals surface area contributed by atoms with E-state index in [0.717, 1.165) is 0 Å². The Morgan fingerprint density at radius 2 is 1.14 bits per heavy atom. The summed E-state index contributed by atoms with van der Waals surface area (Å²) in [7, 11) is -1.61. The van der Waals surface area contributed by atoms with E-state index in [2.05, 4.69) is 0 Å². The van der Waals surface area contributed by atoms with E-state index in [9.17, 15) is 0 Å². The largest absolute Gasteiger partial charge is 0.433 e. The van der Waals surface area contributed by atoms with Crippen LogP contribution in [0.1, 0.15) is 0 Å². The average Bonchev–Trinajstić information content (AvgIpc) is 0.722. The number of hydrogen-bond acceptors (Lipinski definition) is 1. The van der Waals surface area contributed by atoms with E-state index >= 15 is 0 Å². The van der Waals surface area contributed by atoms with Crippen LogP contribution in [0.5, 0.6) is 0 Å². The molecule has 1 nitrogen and oxygen atoms in total. The molecule has 0 aliphatic rings. The zero-order valence-corrected chi connectivity index (χ0v) is 10.7. The third-order valence-electron chi connectivity index (χ3n) is 0. The summed E-state index contributed by atoms with van der Waals surface area (Å²) < 4.78 is 0. The Bertz CT molecular complexity index is 27.2. The Labute approximate surface area is 67.4 Å². The molecule has 42 valence electrons. The summed E-state index contributed by atoms with van der Waals surface area (Å²) in [6, 6.07) is 0. The van der Waals surface area contributed by atoms with Gasteiger partial charge in [0.2, 0.25) is 0 Å². The minimum absolute atomic E-state index is 0. The molecule has 0 aliphatic heterocycles. The minimum Gasteiger partial charge on any atom is -0.433 e. The molecule has 0 aromatic carbocycles. The van der Waals surface area contributed by atoms with E-state index in [1.165, 1.54) is 0 Å². The molecule has 0 fully saturated rings. The quantitative estimate of drug-likeness (QED) is 0.479. The first kappa shape index (κ1) is 15.7. The Morgan fingerprint density at radius 1 is 1.14 bits per heavy atom. The van der Waals surface area contributed by atoms with Crippen molar-refractivity contribution in [3.8, 4) is 0 Å². The summed E-state index contributed by atoms with van der Waals surface area (Å²) in [6.45, 7) is 5.65. The molecular formula is C4H13CdOSi-. The molecule has 0 aromatic heterocycles. The molecule has 0 rings (SSSR count). The van der Waals surface area contributed by atoms with Crippen LogP contribution in [-0.2, 0) is 27.3 Å². The first-order valence-corrected chi connectivity index (χ1v) is 5.17. The van der Waals surface area contributed by atoms with Gasteiger partial charge >= 0.3 is 0 Å². The zero-order valence-electron chi connectivity index (χ0n) is 5.65. The Hall–Kier alpha value is 1.10. The van der Waals surface area contributed by atoms with Crippen molar-refractivity contribution >= 4 is 8.32 Å². The van der Waals surface area contributed by atoms with E-state index in [1.807, 2.05) is 19.6 Å². The zero-order chi connectivity index (χ0) is 4.50. The number of hydrogen-bond donors (Lipinski definition) is 1. The van der Waals surface area contributed by atoms with Gasteiger partial charge in [0.15, 0.2) is 8.32 Å². The second kappa shape index (κ2) is 5.24. The van der Waals surface area contributed by atoms with Crippen molar-refractivity contribution in [2.75, 3.05) is 0 Å². The van der Waals surface area contributed by atoms with Gasteiger partial charge in [0.25, 0.3) is 0 Å². The van der Waals surface area contributed by atoms with Crippen LogP contribution in [-0.4, -0.2) is 13.1 Å². The summed E-state index contributed by atoms with van der Waals surface area (Å²) >= 11 is 0. The van der Waals surface area contributed by atoms with Crippen LogP contribution >= 0.6 is 0 Å². The monoisotopic (exact) mass is 219 g/mol. The van der Waals surface area contributed by atoms with Gasteiger partial charge in [-0.1, -0.05) is 0 Å². The topological polar surface area (TPSA) is 20.2 Å². The van der Waals surface area contributed by atoms with Gasteiger partial charge < -0.3 is 12.2 Å². The molecule has 0 heterocycles. The van der Waals surface area contributed by atoms with Gasteiger partial charge in [-0.3, -0.25) is 0 Å². The summed E-state index contributed by atoms with van der Waals surface area (Å²) in [5.41, 5.74) is 0. The second-order valence-corrected chi connectivity index (χ2v) is 6.51. The summed E-state index contributed by atoms with van der Waals surface area (Å²) in [5, 5.41) is 0. The normalized spacial score (nSPS) is 8.57. The maximum atomic E-state index is 8.66. The van der Waals surface area contributed by atoms with Gasteiger partial charge in [0.1, 0.15) is 0 Å². The van der Waals surface area contributed by atoms with E-state index in [0.29, 0.717) is 0 Å². The van der Waals surface area contributed by atoms with Gasteiger partial charge in [0.05, 0.1) is 0 Å². The molecule has 0 saturated heterocycles. The summed E-state index contributed by atoms with van der Waals surface area (Å²) in [6.07, 6.45) is 0. The molecule has 0 spiro atoms. The predicted octanol–water partition coefficient (Wildman–Crippen LogP) is 1.26. The maximum absolute atomic E-state index is 8.66. The van der Waals surface area contributed by atoms with E-state index in [-0.39, 0.29) is 34.7 Å². The molecule has 0 saturated carbocycles. The third-order valence-corrected chi connectivity index (χ3v) is 0. The van der Waals surface area contributed by atoms with Crippen molar-refractivity contribution in [1.29, 1.82) is 0 Å². The Kier molecular flexibility index (Phi) is 11.8. The fourth-order valence-electron chi connectivity index (χ4n) is 0. The molecule has 0 aliphatic carbocycles. The Morgan fingerprint density at radius 3 is 1.14 bits per heavy atom. The first-order chi connectivity index (χ1) is 2.00. The molecule has 0 atom stereocenters. The molecule has 3 heteroatoms. The molecule has 0 unspecified atom stereocenters. The van der Waals surface area contributed by atoms with Crippen LogP contribution in [0.25, 0.3) is 0 Å². The molecule has 7 heavy (non-hydrogen) atoms. The minimum atomic E-state index is -1.61. The van der Waals surface area contributed by atoms with Crippen LogP contribution in [0.4, 0.5) is 0 Å². The van der Waals surface area contributed by atoms with Crippen molar-refractivity contribution in [2.24, 2.45) is 0 Å². The van der Waals surface area contributed by atoms with Gasteiger partial charge in [-0.05, 0) is 19.6 Å². The maximum Gasteiger partial charge on any atom is 0.179 e. The molecule has 0 aromatic rings. The standard InChI is InChI=1S/C3H10OSi.CH3.Cd/c1-5(2,3)4;;/h4H,1-3H3;1H3;/q;-1;. The van der Waals surface area contributed by atoms with E-state index < -0.39 is 8.32 Å². The van der Waals surface area contributed by atoms with Crippen molar-refractivity contribution in [3.63, 3.8) is 0 Å². The van der Waals surface area contributed by atoms with Crippen molar-refractivity contribution < 1.29 is 32.1 Å². The third kappa shape index (κ3) is 153. The fraction of sp³-hybridized carbons (Fsp3) is 0.750. The average molecular weight is 218 g/mol. The van der Waals surface area contributed by atoms with Gasteiger partial charge in [0, 0.05) is 27.3 Å². The fourth-order valence-corrected chi connectivity index (χ4v) is 0. The van der Waals surface area contributed by atoms with Gasteiger partial charge in [-0.15, -0.1) is 0 Å². The molecule has 0 amide bonds. The van der Waals surface area contributed by atoms with Gasteiger partial charge in [-0.25, -0.2) is 0 Å². The number of rotatable bonds is 0. The van der Waals surface area contributed by atoms with Crippen LogP contribution < -0.4 is 0 Å². The van der Waals surface area contributed by atoms with Gasteiger partial charge in [-0.2, -0.15) is 0 Å². The van der Waals surface area contributed by atoms with E-state index in [1.54, 1.807) is 0 Å². The van der Waals surface area contributed by atoms with Crippen molar-refractivity contribution in [3.05, 3.63) is 7.43 Å². The van der Waals surface area contributed by atoms with Crippen molar-refractivity contribution in [1.82, 2.24) is 0 Å². The Balaban J connectivity index is -0.0000000800. The van der Waals surface area contributed by atoms with E-state index in [4.69, 9.17) is 4.80 Å². The van der Waals surface area contributed by atoms with Crippen LogP contribution in [0.3, 0.4) is 0 Å². The molecular weight excluding hydrogens is 205 g/mol. The van der Waals surface area contributed by atoms with Crippen LogP contribution in [0, 0.1) is 7.43 Å². The second-order valence-electron chi connectivity index (χ2n) is 2.17. The smallest absolute Gasteiger partial charge is 0.179 e. The van der Waals surface area contributed by atoms with Crippen LogP contribution in [0.2, 0.25) is 19.6 Å². The molecule has 0 bridgehead atoms. The predicted molar refractivity (Wildman–Crippen MR) is 32.0 cm³/mol. The summed E-state index contributed by atoms with van der Waals surface area (Å²) in [4.78, 5) is 8.66. The SMILES string of the molecule is C[Si](C)(C)O.[CH3-].[Cd]. The summed E-state index contributed by atoms with van der Waals surface area (Å²) in [5.74, 6) is 0.